The molecule has 0 aliphatic carbocycles. The van der Waals surface area contributed by atoms with Gasteiger partial charge in [-0.1, -0.05) is 24.2 Å². The van der Waals surface area contributed by atoms with Crippen LogP contribution in [-0.2, 0) is 11.8 Å². The van der Waals surface area contributed by atoms with Crippen molar-refractivity contribution in [3.63, 3.8) is 0 Å². The second-order valence-corrected chi connectivity index (χ2v) is 7.69. The Morgan fingerprint density at radius 2 is 1.88 bits per heavy atom. The zero-order valence-corrected chi connectivity index (χ0v) is 18.7. The van der Waals surface area contributed by atoms with Crippen LogP contribution >= 0.6 is 11.6 Å². The van der Waals surface area contributed by atoms with Crippen molar-refractivity contribution < 1.29 is 4.79 Å². The van der Waals surface area contributed by atoms with E-state index in [1.54, 1.807) is 16.8 Å². The predicted octanol–water partition coefficient (Wildman–Crippen LogP) is 5.25. The van der Waals surface area contributed by atoms with Gasteiger partial charge in [0.1, 0.15) is 5.82 Å². The molecule has 0 saturated heterocycles. The van der Waals surface area contributed by atoms with Crippen molar-refractivity contribution in [3.8, 4) is 0 Å². The number of nitrogens with one attached hydrogen (secondary N) is 3. The highest BCUT2D eigenvalue weighted by atomic mass is 35.5. The molecule has 0 aliphatic rings. The van der Waals surface area contributed by atoms with E-state index in [-0.39, 0.29) is 5.91 Å². The van der Waals surface area contributed by atoms with E-state index in [0.29, 0.717) is 22.5 Å². The average Bonchev–Trinajstić information content (AvgIpc) is 3.00. The maximum atomic E-state index is 11.6. The molecule has 162 valence electrons. The van der Waals surface area contributed by atoms with Gasteiger partial charge >= 0.3 is 0 Å². The molecule has 0 fully saturated rings. The van der Waals surface area contributed by atoms with E-state index in [1.807, 2.05) is 51.2 Å². The fraction of sp³-hybridized carbons (Fsp3) is 0.130. The summed E-state index contributed by atoms with van der Waals surface area (Å²) in [6.07, 6.45) is 1.22. The summed E-state index contributed by atoms with van der Waals surface area (Å²) in [4.78, 5) is 21.0. The summed E-state index contributed by atoms with van der Waals surface area (Å²) in [5.41, 5.74) is 4.79. The Labute approximate surface area is 190 Å². The second kappa shape index (κ2) is 8.68. The summed E-state index contributed by atoms with van der Waals surface area (Å²) in [5.74, 6) is 0.721. The van der Waals surface area contributed by atoms with Crippen LogP contribution in [0.25, 0.3) is 10.9 Å². The topological polar surface area (TPSA) is 96.8 Å². The highest BCUT2D eigenvalue weighted by Gasteiger charge is 2.14. The number of rotatable bonds is 6. The maximum Gasteiger partial charge on any atom is 0.247 e. The quantitative estimate of drug-likeness (QED) is 0.349. The average molecular weight is 448 g/mol. The van der Waals surface area contributed by atoms with Crippen LogP contribution in [0, 0.1) is 13.8 Å². The number of fused-ring (bicyclic) bond motifs is 1. The van der Waals surface area contributed by atoms with Crippen molar-refractivity contribution in [2.45, 2.75) is 13.8 Å². The Balaban J connectivity index is 1.74. The molecular formula is C23H22ClN7O. The Morgan fingerprint density at radius 1 is 1.09 bits per heavy atom. The van der Waals surface area contributed by atoms with Crippen molar-refractivity contribution in [2.24, 2.45) is 7.05 Å². The largest absolute Gasteiger partial charge is 0.339 e. The Hall–Kier alpha value is -3.91. The number of aryl methyl sites for hydroxylation is 2. The molecule has 4 aromatic rings. The number of amides is 1. The zero-order valence-electron chi connectivity index (χ0n) is 17.9. The number of hydrogen-bond acceptors (Lipinski definition) is 6. The lowest BCUT2D eigenvalue weighted by Crippen LogP contribution is -2.07. The van der Waals surface area contributed by atoms with Gasteiger partial charge in [-0.15, -0.1) is 0 Å². The van der Waals surface area contributed by atoms with Crippen molar-refractivity contribution in [2.75, 3.05) is 16.0 Å². The molecule has 0 bridgehead atoms. The highest BCUT2D eigenvalue weighted by Crippen LogP contribution is 2.30. The predicted molar refractivity (Wildman–Crippen MR) is 129 cm³/mol. The van der Waals surface area contributed by atoms with Crippen LogP contribution < -0.4 is 16.0 Å². The number of nitrogens with zero attached hydrogens (tertiary/aromatic N) is 4. The summed E-state index contributed by atoms with van der Waals surface area (Å²) in [7, 11) is 1.89. The standard InChI is InChI=1S/C23H22ClN7O/c1-5-20(32)25-16-7-6-8-17(12-16)26-22-18-11-15(24)9-10-19(18)27-23(29-22)28-21-13(2)30-31(4)14(21)3/h5-12H,1H2,2-4H3,(H,25,32)(H2,26,27,28,29). The van der Waals surface area contributed by atoms with E-state index < -0.39 is 0 Å². The zero-order chi connectivity index (χ0) is 22.8. The summed E-state index contributed by atoms with van der Waals surface area (Å²) < 4.78 is 1.81. The minimum atomic E-state index is -0.282. The minimum Gasteiger partial charge on any atom is -0.339 e. The summed E-state index contributed by atoms with van der Waals surface area (Å²) in [6.45, 7) is 7.38. The van der Waals surface area contributed by atoms with Crippen LogP contribution in [0.3, 0.4) is 0 Å². The smallest absolute Gasteiger partial charge is 0.247 e. The molecule has 9 heteroatoms. The molecule has 8 nitrogen and oxygen atoms in total. The molecule has 0 saturated carbocycles. The maximum absolute atomic E-state index is 11.6. The normalized spacial score (nSPS) is 10.8. The second-order valence-electron chi connectivity index (χ2n) is 7.25. The van der Waals surface area contributed by atoms with E-state index >= 15 is 0 Å². The van der Waals surface area contributed by atoms with E-state index in [4.69, 9.17) is 16.6 Å². The van der Waals surface area contributed by atoms with Gasteiger partial charge in [0.2, 0.25) is 11.9 Å². The number of benzene rings is 2. The van der Waals surface area contributed by atoms with Crippen molar-refractivity contribution in [1.82, 2.24) is 19.7 Å². The third-order valence-corrected chi connectivity index (χ3v) is 5.22. The van der Waals surface area contributed by atoms with Gasteiger partial charge < -0.3 is 16.0 Å². The van der Waals surface area contributed by atoms with Crippen LogP contribution in [0.2, 0.25) is 5.02 Å². The number of aromatic nitrogens is 4. The number of carbonyl (C=O) groups is 1. The van der Waals surface area contributed by atoms with Gasteiger partial charge in [-0.3, -0.25) is 9.48 Å². The van der Waals surface area contributed by atoms with Crippen molar-refractivity contribution in [3.05, 3.63) is 71.5 Å². The molecule has 0 unspecified atom stereocenters. The lowest BCUT2D eigenvalue weighted by atomic mass is 10.2. The summed E-state index contributed by atoms with van der Waals surface area (Å²) in [6, 6.07) is 12.8. The molecule has 3 N–H and O–H groups in total. The molecule has 2 aromatic heterocycles. The molecule has 2 heterocycles. The van der Waals surface area contributed by atoms with Crippen LogP contribution in [0.15, 0.2) is 55.1 Å². The molecule has 0 aliphatic heterocycles. The Morgan fingerprint density at radius 3 is 2.59 bits per heavy atom. The fourth-order valence-electron chi connectivity index (χ4n) is 3.32. The van der Waals surface area contributed by atoms with E-state index in [0.717, 1.165) is 33.7 Å². The first-order valence-electron chi connectivity index (χ1n) is 9.89. The van der Waals surface area contributed by atoms with Crippen molar-refractivity contribution >= 4 is 57.2 Å². The molecule has 2 aromatic carbocycles. The van der Waals surface area contributed by atoms with Crippen molar-refractivity contribution in [1.29, 1.82) is 0 Å². The van der Waals surface area contributed by atoms with Crippen LogP contribution in [-0.4, -0.2) is 25.7 Å². The summed E-state index contributed by atoms with van der Waals surface area (Å²) >= 11 is 6.24. The summed E-state index contributed by atoms with van der Waals surface area (Å²) in [5, 5.41) is 15.1. The number of anilines is 5. The Kier molecular flexibility index (Phi) is 5.79. The fourth-order valence-corrected chi connectivity index (χ4v) is 3.49. The van der Waals surface area contributed by atoms with E-state index in [1.165, 1.54) is 6.08 Å². The van der Waals surface area contributed by atoms with Gasteiger partial charge in [0.05, 0.1) is 22.6 Å². The van der Waals surface area contributed by atoms with Crippen LogP contribution in [0.5, 0.6) is 0 Å². The van der Waals surface area contributed by atoms with Gasteiger partial charge in [0.15, 0.2) is 0 Å². The SMILES string of the molecule is C=CC(=O)Nc1cccc(Nc2nc(Nc3c(C)nn(C)c3C)nc3ccc(Cl)cc23)c1. The van der Waals surface area contributed by atoms with Gasteiger partial charge in [-0.2, -0.15) is 10.1 Å². The first-order chi connectivity index (χ1) is 15.3. The lowest BCUT2D eigenvalue weighted by Gasteiger charge is -2.13. The minimum absolute atomic E-state index is 0.282. The third-order valence-electron chi connectivity index (χ3n) is 4.98. The van der Waals surface area contributed by atoms with Gasteiger partial charge in [-0.25, -0.2) is 4.98 Å². The lowest BCUT2D eigenvalue weighted by molar-refractivity contribution is -0.111. The molecular weight excluding hydrogens is 426 g/mol. The molecule has 0 spiro atoms. The monoisotopic (exact) mass is 447 g/mol. The number of carbonyl (C=O) groups excluding carboxylic acids is 1. The first kappa shape index (κ1) is 21.3. The first-order valence-corrected chi connectivity index (χ1v) is 10.3. The third kappa shape index (κ3) is 4.40. The van der Waals surface area contributed by atoms with Gasteiger partial charge in [-0.05, 0) is 56.3 Å². The van der Waals surface area contributed by atoms with E-state index in [9.17, 15) is 4.79 Å². The molecule has 0 radical (unpaired) electrons. The highest BCUT2D eigenvalue weighted by molar-refractivity contribution is 6.31. The van der Waals surface area contributed by atoms with Gasteiger partial charge in [0, 0.05) is 28.8 Å². The number of hydrogen-bond donors (Lipinski definition) is 3. The van der Waals surface area contributed by atoms with Crippen LogP contribution in [0.1, 0.15) is 11.4 Å². The van der Waals surface area contributed by atoms with E-state index in [2.05, 4.69) is 32.6 Å². The number of halogens is 1. The van der Waals surface area contributed by atoms with Gasteiger partial charge in [0.25, 0.3) is 0 Å². The molecule has 0 atom stereocenters. The molecule has 1 amide bonds. The Bertz CT molecular complexity index is 1350. The molecule has 4 rings (SSSR count). The van der Waals surface area contributed by atoms with Crippen LogP contribution in [0.4, 0.5) is 28.8 Å². The molecule has 32 heavy (non-hydrogen) atoms.